The van der Waals surface area contributed by atoms with Crippen molar-refractivity contribution in [1.29, 1.82) is 0 Å². The van der Waals surface area contributed by atoms with E-state index in [0.717, 1.165) is 0 Å². The van der Waals surface area contributed by atoms with Crippen molar-refractivity contribution in [2.24, 2.45) is 0 Å². The van der Waals surface area contributed by atoms with E-state index in [-0.39, 0.29) is 22.6 Å². The monoisotopic (exact) mass is 268 g/mol. The zero-order valence-corrected chi connectivity index (χ0v) is 11.0. The van der Waals surface area contributed by atoms with Crippen LogP contribution in [0.3, 0.4) is 0 Å². The summed E-state index contributed by atoms with van der Waals surface area (Å²) in [5.74, 6) is -0.443. The van der Waals surface area contributed by atoms with Crippen molar-refractivity contribution in [1.82, 2.24) is 0 Å². The second kappa shape index (κ2) is 5.07. The Balaban J connectivity index is 2.74. The molecule has 6 heteroatoms. The highest BCUT2D eigenvalue weighted by atomic mass is 16.7. The van der Waals surface area contributed by atoms with Crippen molar-refractivity contribution in [3.8, 4) is 11.5 Å². The number of hydrogen-bond acceptors (Lipinski definition) is 6. The minimum absolute atomic E-state index is 0.110. The third-order valence-corrected chi connectivity index (χ3v) is 3.14. The number of benzene rings is 1. The van der Waals surface area contributed by atoms with Gasteiger partial charge < -0.3 is 24.4 Å². The SMILES string of the molecule is CCO[C@@H]1OC(=O)c2c(OC)c(C)c(O)c(CO)c21. The quantitative estimate of drug-likeness (QED) is 0.803. The molecule has 1 atom stereocenters. The van der Waals surface area contributed by atoms with Gasteiger partial charge in [-0.15, -0.1) is 0 Å². The maximum atomic E-state index is 11.9. The summed E-state index contributed by atoms with van der Waals surface area (Å²) < 4.78 is 15.6. The molecule has 1 heterocycles. The largest absolute Gasteiger partial charge is 0.507 e. The van der Waals surface area contributed by atoms with Gasteiger partial charge >= 0.3 is 5.97 Å². The second-order valence-electron chi connectivity index (χ2n) is 4.12. The Bertz CT molecular complexity index is 523. The number of aromatic hydroxyl groups is 1. The summed E-state index contributed by atoms with van der Waals surface area (Å²) in [5, 5.41) is 19.5. The van der Waals surface area contributed by atoms with Gasteiger partial charge in [0.1, 0.15) is 17.1 Å². The maximum absolute atomic E-state index is 11.9. The zero-order valence-electron chi connectivity index (χ0n) is 11.0. The van der Waals surface area contributed by atoms with Crippen molar-refractivity contribution in [3.63, 3.8) is 0 Å². The molecule has 1 aromatic rings. The molecule has 104 valence electrons. The molecule has 6 nitrogen and oxygen atoms in total. The normalized spacial score (nSPS) is 17.3. The van der Waals surface area contributed by atoms with Crippen LogP contribution < -0.4 is 4.74 Å². The number of esters is 1. The first kappa shape index (κ1) is 13.6. The van der Waals surface area contributed by atoms with E-state index in [1.165, 1.54) is 7.11 Å². The predicted molar refractivity (Wildman–Crippen MR) is 65.1 cm³/mol. The van der Waals surface area contributed by atoms with E-state index < -0.39 is 18.9 Å². The molecule has 0 spiro atoms. The van der Waals surface area contributed by atoms with Crippen LogP contribution in [-0.2, 0) is 16.1 Å². The predicted octanol–water partition coefficient (Wildman–Crippen LogP) is 1.41. The fourth-order valence-corrected chi connectivity index (χ4v) is 2.28. The van der Waals surface area contributed by atoms with Gasteiger partial charge in [0.2, 0.25) is 6.29 Å². The van der Waals surface area contributed by atoms with Gasteiger partial charge in [-0.2, -0.15) is 0 Å². The topological polar surface area (TPSA) is 85.2 Å². The molecule has 0 aromatic heterocycles. The van der Waals surface area contributed by atoms with Crippen molar-refractivity contribution >= 4 is 5.97 Å². The van der Waals surface area contributed by atoms with Crippen LogP contribution in [-0.4, -0.2) is 29.9 Å². The Kier molecular flexibility index (Phi) is 3.64. The lowest BCUT2D eigenvalue weighted by atomic mass is 9.96. The highest BCUT2D eigenvalue weighted by molar-refractivity contribution is 5.98. The maximum Gasteiger partial charge on any atom is 0.345 e. The van der Waals surface area contributed by atoms with Crippen LogP contribution in [0, 0.1) is 6.92 Å². The smallest absolute Gasteiger partial charge is 0.345 e. The van der Waals surface area contributed by atoms with Crippen LogP contribution in [0.1, 0.15) is 40.3 Å². The van der Waals surface area contributed by atoms with Gasteiger partial charge in [0, 0.05) is 23.3 Å². The van der Waals surface area contributed by atoms with E-state index in [1.54, 1.807) is 13.8 Å². The summed E-state index contributed by atoms with van der Waals surface area (Å²) in [5.41, 5.74) is 1.17. The molecule has 0 fully saturated rings. The van der Waals surface area contributed by atoms with Gasteiger partial charge in [-0.3, -0.25) is 0 Å². The van der Waals surface area contributed by atoms with Crippen LogP contribution in [0.4, 0.5) is 0 Å². The highest BCUT2D eigenvalue weighted by Gasteiger charge is 2.39. The van der Waals surface area contributed by atoms with E-state index in [1.807, 2.05) is 0 Å². The molecule has 0 amide bonds. The standard InChI is InChI=1S/C13H16O6/c1-4-18-13-8-7(5-14)10(15)6(2)11(17-3)9(8)12(16)19-13/h13-15H,4-5H2,1-3H3/t13-/m1/s1. The van der Waals surface area contributed by atoms with Gasteiger partial charge in [-0.25, -0.2) is 4.79 Å². The number of rotatable bonds is 4. The Labute approximate surface area is 110 Å². The van der Waals surface area contributed by atoms with Gasteiger partial charge in [0.05, 0.1) is 13.7 Å². The molecule has 19 heavy (non-hydrogen) atoms. The summed E-state index contributed by atoms with van der Waals surface area (Å²) in [6, 6.07) is 0. The Hall–Kier alpha value is -1.79. The van der Waals surface area contributed by atoms with Crippen molar-refractivity contribution < 1.29 is 29.2 Å². The lowest BCUT2D eigenvalue weighted by Crippen LogP contribution is -2.07. The first-order valence-corrected chi connectivity index (χ1v) is 5.92. The third kappa shape index (κ3) is 1.93. The lowest BCUT2D eigenvalue weighted by molar-refractivity contribution is -0.100. The molecule has 0 radical (unpaired) electrons. The Morgan fingerprint density at radius 1 is 1.42 bits per heavy atom. The number of aliphatic hydroxyl groups is 1. The first-order chi connectivity index (χ1) is 9.06. The Morgan fingerprint density at radius 3 is 2.63 bits per heavy atom. The number of carbonyl (C=O) groups excluding carboxylic acids is 1. The fraction of sp³-hybridized carbons (Fsp3) is 0.462. The number of aliphatic hydroxyl groups excluding tert-OH is 1. The average Bonchev–Trinajstić information content (AvgIpc) is 2.69. The van der Waals surface area contributed by atoms with Crippen molar-refractivity contribution in [2.45, 2.75) is 26.7 Å². The summed E-state index contributed by atoms with van der Waals surface area (Å²) in [7, 11) is 1.40. The minimum Gasteiger partial charge on any atom is -0.507 e. The summed E-state index contributed by atoms with van der Waals surface area (Å²) in [4.78, 5) is 11.9. The molecule has 1 aromatic carbocycles. The van der Waals surface area contributed by atoms with Crippen molar-refractivity contribution in [3.05, 3.63) is 22.3 Å². The average molecular weight is 268 g/mol. The fourth-order valence-electron chi connectivity index (χ4n) is 2.28. The van der Waals surface area contributed by atoms with Gasteiger partial charge in [0.25, 0.3) is 0 Å². The van der Waals surface area contributed by atoms with Gasteiger partial charge in [-0.1, -0.05) is 0 Å². The number of cyclic esters (lactones) is 1. The molecule has 2 rings (SSSR count). The van der Waals surface area contributed by atoms with Crippen molar-refractivity contribution in [2.75, 3.05) is 13.7 Å². The van der Waals surface area contributed by atoms with Gasteiger partial charge in [-0.05, 0) is 13.8 Å². The number of hydrogen-bond donors (Lipinski definition) is 2. The van der Waals surface area contributed by atoms with E-state index in [0.29, 0.717) is 17.7 Å². The van der Waals surface area contributed by atoms with E-state index >= 15 is 0 Å². The summed E-state index contributed by atoms with van der Waals surface area (Å²) in [6.07, 6.45) is -0.921. The van der Waals surface area contributed by atoms with Crippen LogP contribution in [0.5, 0.6) is 11.5 Å². The molecule has 0 unspecified atom stereocenters. The number of methoxy groups -OCH3 is 1. The van der Waals surface area contributed by atoms with E-state index in [2.05, 4.69) is 0 Å². The molecular weight excluding hydrogens is 252 g/mol. The molecule has 0 aliphatic carbocycles. The molecule has 1 aliphatic rings. The molecule has 2 N–H and O–H groups in total. The molecule has 0 saturated heterocycles. The third-order valence-electron chi connectivity index (χ3n) is 3.14. The van der Waals surface area contributed by atoms with Crippen LogP contribution in [0.15, 0.2) is 0 Å². The Morgan fingerprint density at radius 2 is 2.11 bits per heavy atom. The molecule has 0 bridgehead atoms. The molecule has 0 saturated carbocycles. The zero-order chi connectivity index (χ0) is 14.2. The van der Waals surface area contributed by atoms with Crippen LogP contribution in [0.25, 0.3) is 0 Å². The number of ether oxygens (including phenoxy) is 3. The number of carbonyl (C=O) groups is 1. The summed E-state index contributed by atoms with van der Waals surface area (Å²) >= 11 is 0. The van der Waals surface area contributed by atoms with E-state index in [9.17, 15) is 15.0 Å². The number of fused-ring (bicyclic) bond motifs is 1. The van der Waals surface area contributed by atoms with Gasteiger partial charge in [0.15, 0.2) is 0 Å². The van der Waals surface area contributed by atoms with Crippen LogP contribution in [0.2, 0.25) is 0 Å². The minimum atomic E-state index is -0.921. The summed E-state index contributed by atoms with van der Waals surface area (Å²) in [6.45, 7) is 3.28. The first-order valence-electron chi connectivity index (χ1n) is 5.92. The second-order valence-corrected chi connectivity index (χ2v) is 4.12. The highest BCUT2D eigenvalue weighted by Crippen LogP contribution is 2.46. The lowest BCUT2D eigenvalue weighted by Gasteiger charge is -2.17. The van der Waals surface area contributed by atoms with Crippen LogP contribution >= 0.6 is 0 Å². The van der Waals surface area contributed by atoms with E-state index in [4.69, 9.17) is 14.2 Å². The molecular formula is C13H16O6. The molecule has 1 aliphatic heterocycles. The number of phenols is 1.